The van der Waals surface area contributed by atoms with Crippen LogP contribution in [0.3, 0.4) is 0 Å². The molecule has 0 spiro atoms. The van der Waals surface area contributed by atoms with E-state index in [1.54, 1.807) is 6.07 Å². The second-order valence-corrected chi connectivity index (χ2v) is 4.15. The lowest BCUT2D eigenvalue weighted by molar-refractivity contribution is 0.167. The van der Waals surface area contributed by atoms with Crippen LogP contribution in [-0.4, -0.2) is 12.6 Å². The summed E-state index contributed by atoms with van der Waals surface area (Å²) in [5.41, 5.74) is 3.63. The Hall–Kier alpha value is -1.39. The predicted octanol–water partition coefficient (Wildman–Crippen LogP) is 1.89. The standard InChI is InChI=1S/C13H17FN2O/c14-11-5-3-4-10(8-11)9-12(16-15)13-6-1-2-7-17-13/h3-6,8,12,16H,1-2,7,9,15H2. The van der Waals surface area contributed by atoms with Gasteiger partial charge in [0.1, 0.15) is 11.6 Å². The third-order valence-corrected chi connectivity index (χ3v) is 2.84. The third-order valence-electron chi connectivity index (χ3n) is 2.84. The normalized spacial score (nSPS) is 17.2. The summed E-state index contributed by atoms with van der Waals surface area (Å²) in [6, 6.07) is 6.46. The smallest absolute Gasteiger partial charge is 0.123 e. The number of hydrogen-bond acceptors (Lipinski definition) is 3. The number of nitrogens with two attached hydrogens (primary N) is 1. The van der Waals surface area contributed by atoms with Gasteiger partial charge in [-0.15, -0.1) is 0 Å². The zero-order valence-electron chi connectivity index (χ0n) is 9.66. The van der Waals surface area contributed by atoms with E-state index in [1.165, 1.54) is 12.1 Å². The third kappa shape index (κ3) is 3.28. The molecule has 4 heteroatoms. The molecule has 0 bridgehead atoms. The molecule has 1 unspecified atom stereocenters. The van der Waals surface area contributed by atoms with Crippen LogP contribution in [0.5, 0.6) is 0 Å². The number of halogens is 1. The molecule has 1 atom stereocenters. The Bertz CT molecular complexity index is 406. The average molecular weight is 236 g/mol. The molecule has 1 heterocycles. The van der Waals surface area contributed by atoms with Crippen molar-refractivity contribution in [3.63, 3.8) is 0 Å². The van der Waals surface area contributed by atoms with Crippen molar-refractivity contribution in [2.24, 2.45) is 5.84 Å². The lowest BCUT2D eigenvalue weighted by atomic mass is 10.0. The molecule has 1 aliphatic heterocycles. The molecule has 3 nitrogen and oxygen atoms in total. The highest BCUT2D eigenvalue weighted by Gasteiger charge is 2.17. The van der Waals surface area contributed by atoms with Crippen LogP contribution in [0.2, 0.25) is 0 Å². The van der Waals surface area contributed by atoms with Gasteiger partial charge >= 0.3 is 0 Å². The van der Waals surface area contributed by atoms with E-state index in [-0.39, 0.29) is 11.9 Å². The van der Waals surface area contributed by atoms with Crippen LogP contribution in [0, 0.1) is 5.82 Å². The van der Waals surface area contributed by atoms with E-state index in [2.05, 4.69) is 5.43 Å². The molecule has 92 valence electrons. The fraction of sp³-hybridized carbons (Fsp3) is 0.385. The number of benzene rings is 1. The first-order valence-electron chi connectivity index (χ1n) is 5.83. The molecule has 17 heavy (non-hydrogen) atoms. The van der Waals surface area contributed by atoms with E-state index in [4.69, 9.17) is 10.6 Å². The van der Waals surface area contributed by atoms with Crippen LogP contribution in [0.25, 0.3) is 0 Å². The first-order valence-corrected chi connectivity index (χ1v) is 5.83. The second-order valence-electron chi connectivity index (χ2n) is 4.15. The number of rotatable bonds is 4. The van der Waals surface area contributed by atoms with Crippen molar-refractivity contribution in [1.82, 2.24) is 5.43 Å². The maximum absolute atomic E-state index is 13.1. The summed E-state index contributed by atoms with van der Waals surface area (Å²) >= 11 is 0. The molecule has 1 aromatic carbocycles. The van der Waals surface area contributed by atoms with Gasteiger partial charge in [-0.05, 0) is 43.0 Å². The Morgan fingerprint density at radius 3 is 3.00 bits per heavy atom. The van der Waals surface area contributed by atoms with Crippen LogP contribution in [-0.2, 0) is 11.2 Å². The highest BCUT2D eigenvalue weighted by atomic mass is 19.1. The summed E-state index contributed by atoms with van der Waals surface area (Å²) in [5.74, 6) is 6.16. The Balaban J connectivity index is 2.06. The van der Waals surface area contributed by atoms with Gasteiger partial charge in [-0.1, -0.05) is 12.1 Å². The van der Waals surface area contributed by atoms with Gasteiger partial charge in [0.15, 0.2) is 0 Å². The monoisotopic (exact) mass is 236 g/mol. The van der Waals surface area contributed by atoms with Crippen molar-refractivity contribution < 1.29 is 9.13 Å². The molecule has 0 fully saturated rings. The van der Waals surface area contributed by atoms with E-state index in [0.29, 0.717) is 6.42 Å². The van der Waals surface area contributed by atoms with Crippen molar-refractivity contribution in [3.05, 3.63) is 47.5 Å². The van der Waals surface area contributed by atoms with Gasteiger partial charge in [0.05, 0.1) is 12.6 Å². The molecule has 0 aromatic heterocycles. The van der Waals surface area contributed by atoms with Gasteiger partial charge in [0, 0.05) is 0 Å². The largest absolute Gasteiger partial charge is 0.497 e. The number of allylic oxidation sites excluding steroid dienone is 1. The lowest BCUT2D eigenvalue weighted by Crippen LogP contribution is -2.39. The number of hydrazine groups is 1. The van der Waals surface area contributed by atoms with Gasteiger partial charge in [-0.2, -0.15) is 0 Å². The van der Waals surface area contributed by atoms with Crippen molar-refractivity contribution in [3.8, 4) is 0 Å². The minimum atomic E-state index is -0.225. The van der Waals surface area contributed by atoms with Crippen LogP contribution in [0.4, 0.5) is 4.39 Å². The molecular formula is C13H17FN2O. The van der Waals surface area contributed by atoms with Crippen molar-refractivity contribution >= 4 is 0 Å². The summed E-state index contributed by atoms with van der Waals surface area (Å²) in [4.78, 5) is 0. The fourth-order valence-corrected chi connectivity index (χ4v) is 1.96. The van der Waals surface area contributed by atoms with E-state index in [9.17, 15) is 4.39 Å². The zero-order valence-corrected chi connectivity index (χ0v) is 9.66. The molecular weight excluding hydrogens is 219 g/mol. The van der Waals surface area contributed by atoms with E-state index in [0.717, 1.165) is 30.8 Å². The van der Waals surface area contributed by atoms with Crippen molar-refractivity contribution in [1.29, 1.82) is 0 Å². The van der Waals surface area contributed by atoms with Crippen LogP contribution in [0.15, 0.2) is 36.1 Å². The second kappa shape index (κ2) is 5.80. The fourth-order valence-electron chi connectivity index (χ4n) is 1.96. The van der Waals surface area contributed by atoms with Gasteiger partial charge < -0.3 is 4.74 Å². The number of hydrogen-bond donors (Lipinski definition) is 2. The van der Waals surface area contributed by atoms with Crippen LogP contribution < -0.4 is 11.3 Å². The minimum absolute atomic E-state index is 0.0860. The average Bonchev–Trinajstić information content (AvgIpc) is 2.37. The maximum atomic E-state index is 13.1. The molecule has 0 aliphatic carbocycles. The first kappa shape index (κ1) is 12.1. The van der Waals surface area contributed by atoms with Crippen LogP contribution in [0.1, 0.15) is 18.4 Å². The highest BCUT2D eigenvalue weighted by Crippen LogP contribution is 2.17. The molecule has 3 N–H and O–H groups in total. The van der Waals surface area contributed by atoms with Gasteiger partial charge in [0.25, 0.3) is 0 Å². The number of nitrogens with one attached hydrogen (secondary N) is 1. The summed E-state index contributed by atoms with van der Waals surface area (Å²) in [7, 11) is 0. The van der Waals surface area contributed by atoms with Crippen molar-refractivity contribution in [2.45, 2.75) is 25.3 Å². The summed E-state index contributed by atoms with van der Waals surface area (Å²) in [6.45, 7) is 0.729. The Kier molecular flexibility index (Phi) is 4.12. The molecule has 0 saturated carbocycles. The molecule has 2 rings (SSSR count). The zero-order chi connectivity index (χ0) is 12.1. The minimum Gasteiger partial charge on any atom is -0.497 e. The highest BCUT2D eigenvalue weighted by molar-refractivity contribution is 5.20. The SMILES string of the molecule is NNC(Cc1cccc(F)c1)C1=CCCCO1. The maximum Gasteiger partial charge on any atom is 0.123 e. The van der Waals surface area contributed by atoms with Gasteiger partial charge in [0.2, 0.25) is 0 Å². The van der Waals surface area contributed by atoms with E-state index >= 15 is 0 Å². The Morgan fingerprint density at radius 1 is 1.47 bits per heavy atom. The number of ether oxygens (including phenoxy) is 1. The predicted molar refractivity (Wildman–Crippen MR) is 64.5 cm³/mol. The van der Waals surface area contributed by atoms with Gasteiger partial charge in [-0.3, -0.25) is 5.84 Å². The molecule has 1 aliphatic rings. The Labute approximate surface area is 100 Å². The lowest BCUT2D eigenvalue weighted by Gasteiger charge is -2.23. The summed E-state index contributed by atoms with van der Waals surface area (Å²) in [5, 5.41) is 0. The molecule has 0 radical (unpaired) electrons. The topological polar surface area (TPSA) is 47.3 Å². The van der Waals surface area contributed by atoms with Gasteiger partial charge in [-0.25, -0.2) is 9.82 Å². The molecule has 0 saturated heterocycles. The molecule has 1 aromatic rings. The summed E-state index contributed by atoms with van der Waals surface area (Å²) in [6.07, 6.45) is 4.73. The Morgan fingerprint density at radius 2 is 2.35 bits per heavy atom. The van der Waals surface area contributed by atoms with E-state index < -0.39 is 0 Å². The quantitative estimate of drug-likeness (QED) is 0.620. The van der Waals surface area contributed by atoms with E-state index in [1.807, 2.05) is 12.1 Å². The first-order chi connectivity index (χ1) is 8.29. The van der Waals surface area contributed by atoms with Crippen molar-refractivity contribution in [2.75, 3.05) is 6.61 Å². The molecule has 0 amide bonds. The summed E-state index contributed by atoms with van der Waals surface area (Å²) < 4.78 is 18.6. The van der Waals surface area contributed by atoms with Crippen LogP contribution >= 0.6 is 0 Å².